The molecule has 2 atom stereocenters. The highest BCUT2D eigenvalue weighted by Gasteiger charge is 2.42. The molecule has 2 aliphatic heterocycles. The number of hydrogen-bond acceptors (Lipinski definition) is 7. The minimum absolute atomic E-state index is 0.235. The summed E-state index contributed by atoms with van der Waals surface area (Å²) in [7, 11) is 0. The number of imidazole rings is 1. The Morgan fingerprint density at radius 2 is 2.20 bits per heavy atom. The molecular weight excluding hydrogens is 405 g/mol. The van der Waals surface area contributed by atoms with Gasteiger partial charge in [-0.25, -0.2) is 19.3 Å². The van der Waals surface area contributed by atoms with Gasteiger partial charge in [0.25, 0.3) is 5.91 Å². The first-order chi connectivity index (χ1) is 14.5. The summed E-state index contributed by atoms with van der Waals surface area (Å²) >= 11 is 1.29. The minimum Gasteiger partial charge on any atom is -0.350 e. The average molecular weight is 423 g/mol. The summed E-state index contributed by atoms with van der Waals surface area (Å²) in [5, 5.41) is 6.17. The SMILES string of the molecule is Cc1cn2cc(NC(=O)c3cc4ncc(N5C[C@@H]6CNC[C@@H]65)nc4s3)cc(F)c2n1. The highest BCUT2D eigenvalue weighted by atomic mass is 32.1. The van der Waals surface area contributed by atoms with E-state index in [0.29, 0.717) is 33.7 Å². The van der Waals surface area contributed by atoms with Crippen molar-refractivity contribution in [1.29, 1.82) is 0 Å². The first-order valence-corrected chi connectivity index (χ1v) is 10.6. The summed E-state index contributed by atoms with van der Waals surface area (Å²) in [5.74, 6) is 0.730. The standard InChI is InChI=1S/C20H18FN7OS/c1-10-7-27-9-12(2-13(21)18(27)24-10)25-19(29)16-3-14-20(30-16)26-17(6-23-14)28-8-11-4-22-5-15(11)28/h2-3,6-7,9,11,15,22H,4-5,8H2,1H3,(H,25,29)/t11-,15-/m0/s1. The summed E-state index contributed by atoms with van der Waals surface area (Å²) in [4.78, 5) is 29.6. The molecule has 0 aromatic carbocycles. The van der Waals surface area contributed by atoms with Crippen molar-refractivity contribution in [2.75, 3.05) is 29.9 Å². The highest BCUT2D eigenvalue weighted by molar-refractivity contribution is 7.20. The van der Waals surface area contributed by atoms with Crippen molar-refractivity contribution in [2.24, 2.45) is 5.92 Å². The smallest absolute Gasteiger partial charge is 0.265 e. The van der Waals surface area contributed by atoms with Crippen LogP contribution in [0.15, 0.2) is 30.7 Å². The predicted molar refractivity (Wildman–Crippen MR) is 113 cm³/mol. The van der Waals surface area contributed by atoms with Crippen LogP contribution in [-0.4, -0.2) is 50.9 Å². The molecule has 4 aromatic heterocycles. The average Bonchev–Trinajstić information content (AvgIpc) is 3.38. The highest BCUT2D eigenvalue weighted by Crippen LogP contribution is 2.33. The van der Waals surface area contributed by atoms with Gasteiger partial charge >= 0.3 is 0 Å². The number of fused-ring (bicyclic) bond motifs is 3. The maximum Gasteiger partial charge on any atom is 0.265 e. The molecule has 0 aliphatic carbocycles. The minimum atomic E-state index is -0.487. The second-order valence-corrected chi connectivity index (χ2v) is 8.84. The number of anilines is 2. The van der Waals surface area contributed by atoms with Crippen LogP contribution in [0, 0.1) is 18.7 Å². The monoisotopic (exact) mass is 423 g/mol. The number of aryl methyl sites for hydroxylation is 1. The van der Waals surface area contributed by atoms with Crippen LogP contribution in [0.3, 0.4) is 0 Å². The first-order valence-electron chi connectivity index (χ1n) is 9.75. The number of halogens is 1. The maximum atomic E-state index is 14.3. The summed E-state index contributed by atoms with van der Waals surface area (Å²) < 4.78 is 15.8. The van der Waals surface area contributed by atoms with Gasteiger partial charge in [-0.15, -0.1) is 11.3 Å². The Balaban J connectivity index is 1.26. The van der Waals surface area contributed by atoms with Crippen LogP contribution in [0.2, 0.25) is 0 Å². The lowest BCUT2D eigenvalue weighted by Crippen LogP contribution is -2.56. The molecule has 30 heavy (non-hydrogen) atoms. The summed E-state index contributed by atoms with van der Waals surface area (Å²) in [6, 6.07) is 3.48. The zero-order valence-electron chi connectivity index (χ0n) is 16.1. The lowest BCUT2D eigenvalue weighted by molar-refractivity contribution is 0.103. The van der Waals surface area contributed by atoms with E-state index >= 15 is 0 Å². The molecule has 2 N–H and O–H groups in total. The van der Waals surface area contributed by atoms with E-state index in [2.05, 4.69) is 25.5 Å². The fraction of sp³-hybridized carbons (Fsp3) is 0.300. The Labute approximate surface area is 174 Å². The number of nitrogens with one attached hydrogen (secondary N) is 2. The number of thiophene rings is 1. The Hall–Kier alpha value is -3.11. The summed E-state index contributed by atoms with van der Waals surface area (Å²) in [6.45, 7) is 4.81. The Bertz CT molecular complexity index is 1320. The lowest BCUT2D eigenvalue weighted by atomic mass is 9.92. The molecule has 10 heteroatoms. The molecule has 152 valence electrons. The van der Waals surface area contributed by atoms with Gasteiger partial charge in [0, 0.05) is 50.1 Å². The number of pyridine rings is 1. The number of hydrogen-bond donors (Lipinski definition) is 2. The fourth-order valence-electron chi connectivity index (χ4n) is 4.28. The van der Waals surface area contributed by atoms with Crippen molar-refractivity contribution in [3.63, 3.8) is 0 Å². The van der Waals surface area contributed by atoms with Crippen molar-refractivity contribution in [3.05, 3.63) is 47.1 Å². The van der Waals surface area contributed by atoms with Crippen molar-refractivity contribution in [3.8, 4) is 0 Å². The van der Waals surface area contributed by atoms with Crippen LogP contribution >= 0.6 is 11.3 Å². The van der Waals surface area contributed by atoms with Gasteiger partial charge in [0.05, 0.1) is 22.5 Å². The van der Waals surface area contributed by atoms with Crippen molar-refractivity contribution in [1.82, 2.24) is 24.7 Å². The molecule has 0 bridgehead atoms. The van der Waals surface area contributed by atoms with Crippen LogP contribution in [0.4, 0.5) is 15.9 Å². The Morgan fingerprint density at radius 3 is 3.07 bits per heavy atom. The van der Waals surface area contributed by atoms with E-state index < -0.39 is 5.82 Å². The number of amides is 1. The number of carbonyl (C=O) groups is 1. The largest absolute Gasteiger partial charge is 0.350 e. The van der Waals surface area contributed by atoms with Crippen LogP contribution < -0.4 is 15.5 Å². The van der Waals surface area contributed by atoms with Gasteiger partial charge in [-0.3, -0.25) is 4.79 Å². The van der Waals surface area contributed by atoms with E-state index in [9.17, 15) is 9.18 Å². The van der Waals surface area contributed by atoms with Gasteiger partial charge in [0.15, 0.2) is 11.5 Å². The molecule has 0 unspecified atom stereocenters. The molecule has 2 saturated heterocycles. The third kappa shape index (κ3) is 2.75. The van der Waals surface area contributed by atoms with Gasteiger partial charge in [0.2, 0.25) is 0 Å². The number of rotatable bonds is 3. The number of nitrogens with zero attached hydrogens (tertiary/aromatic N) is 5. The van der Waals surface area contributed by atoms with Crippen molar-refractivity contribution < 1.29 is 9.18 Å². The first kappa shape index (κ1) is 17.7. The third-order valence-corrected chi connectivity index (χ3v) is 6.78. The van der Waals surface area contributed by atoms with Gasteiger partial charge in [-0.05, 0) is 13.0 Å². The second kappa shape index (κ2) is 6.44. The lowest BCUT2D eigenvalue weighted by Gasteiger charge is -2.44. The fourth-order valence-corrected chi connectivity index (χ4v) is 5.16. The zero-order chi connectivity index (χ0) is 20.4. The normalized spacial score (nSPS) is 20.5. The topological polar surface area (TPSA) is 87.5 Å². The van der Waals surface area contributed by atoms with E-state index in [1.54, 1.807) is 36.0 Å². The molecular formula is C20H18FN7OS. The van der Waals surface area contributed by atoms with Gasteiger partial charge in [0.1, 0.15) is 16.2 Å². The van der Waals surface area contributed by atoms with Crippen LogP contribution in [0.1, 0.15) is 15.4 Å². The molecule has 4 aromatic rings. The molecule has 2 aliphatic rings. The Kier molecular flexibility index (Phi) is 3.81. The van der Waals surface area contributed by atoms with E-state index in [4.69, 9.17) is 4.98 Å². The molecule has 6 rings (SSSR count). The van der Waals surface area contributed by atoms with Crippen LogP contribution in [0.5, 0.6) is 0 Å². The second-order valence-electron chi connectivity index (χ2n) is 7.81. The summed E-state index contributed by atoms with van der Waals surface area (Å²) in [5.41, 5.74) is 1.99. The molecule has 0 spiro atoms. The number of carbonyl (C=O) groups excluding carboxylic acids is 1. The van der Waals surface area contributed by atoms with Gasteiger partial charge in [-0.2, -0.15) is 0 Å². The number of aromatic nitrogens is 4. The van der Waals surface area contributed by atoms with E-state index in [-0.39, 0.29) is 11.6 Å². The maximum absolute atomic E-state index is 14.3. The van der Waals surface area contributed by atoms with Crippen molar-refractivity contribution in [2.45, 2.75) is 13.0 Å². The van der Waals surface area contributed by atoms with E-state index in [1.807, 2.05) is 0 Å². The van der Waals surface area contributed by atoms with Crippen molar-refractivity contribution >= 4 is 44.7 Å². The molecule has 0 radical (unpaired) electrons. The van der Waals surface area contributed by atoms with Crippen LogP contribution in [-0.2, 0) is 0 Å². The Morgan fingerprint density at radius 1 is 1.30 bits per heavy atom. The molecule has 6 heterocycles. The molecule has 1 amide bonds. The zero-order valence-corrected chi connectivity index (χ0v) is 16.9. The van der Waals surface area contributed by atoms with Gasteiger partial charge < -0.3 is 19.9 Å². The predicted octanol–water partition coefficient (Wildman–Crippen LogP) is 2.45. The van der Waals surface area contributed by atoms with Gasteiger partial charge in [-0.1, -0.05) is 0 Å². The van der Waals surface area contributed by atoms with Crippen LogP contribution in [0.25, 0.3) is 16.0 Å². The third-order valence-electron chi connectivity index (χ3n) is 5.77. The quantitative estimate of drug-likeness (QED) is 0.526. The summed E-state index contributed by atoms with van der Waals surface area (Å²) in [6.07, 6.45) is 5.13. The molecule has 8 nitrogen and oxygen atoms in total. The van der Waals surface area contributed by atoms with E-state index in [1.165, 1.54) is 17.4 Å². The molecule has 0 saturated carbocycles. The molecule has 2 fully saturated rings. The van der Waals surface area contributed by atoms with E-state index in [0.717, 1.165) is 30.3 Å².